The highest BCUT2D eigenvalue weighted by molar-refractivity contribution is 5.94. The molecule has 2 aromatic carbocycles. The zero-order valence-electron chi connectivity index (χ0n) is 23.1. The van der Waals surface area contributed by atoms with Crippen LogP contribution in [0.15, 0.2) is 46.9 Å². The van der Waals surface area contributed by atoms with Crippen molar-refractivity contribution in [2.45, 2.75) is 77.4 Å². The number of aryl methyl sites for hydroxylation is 1. The summed E-state index contributed by atoms with van der Waals surface area (Å²) < 4.78 is 18.3. The average Bonchev–Trinajstić information content (AvgIpc) is 3.59. The molecule has 1 saturated carbocycles. The summed E-state index contributed by atoms with van der Waals surface area (Å²) in [5, 5.41) is 4.90. The van der Waals surface area contributed by atoms with Crippen LogP contribution in [0.25, 0.3) is 11.0 Å². The maximum atomic E-state index is 12.7. The summed E-state index contributed by atoms with van der Waals surface area (Å²) in [6.45, 7) is 6.43. The van der Waals surface area contributed by atoms with Gasteiger partial charge in [-0.2, -0.15) is 0 Å². The van der Waals surface area contributed by atoms with Gasteiger partial charge in [-0.25, -0.2) is 0 Å². The molecule has 1 aliphatic heterocycles. The van der Waals surface area contributed by atoms with Gasteiger partial charge < -0.3 is 24.1 Å². The van der Waals surface area contributed by atoms with Crippen molar-refractivity contribution < 1.29 is 18.7 Å². The Kier molecular flexibility index (Phi) is 8.58. The largest absolute Gasteiger partial charge is 0.491 e. The Morgan fingerprint density at radius 2 is 1.87 bits per heavy atom. The van der Waals surface area contributed by atoms with Gasteiger partial charge >= 0.3 is 0 Å². The van der Waals surface area contributed by atoms with Crippen LogP contribution in [0.2, 0.25) is 0 Å². The number of fused-ring (bicyclic) bond motifs is 1. The molecule has 0 radical (unpaired) electrons. The molecule has 2 heterocycles. The van der Waals surface area contributed by atoms with E-state index < -0.39 is 0 Å². The number of carbonyl (C=O) groups excluding carboxylic acids is 1. The van der Waals surface area contributed by atoms with E-state index in [2.05, 4.69) is 25.2 Å². The van der Waals surface area contributed by atoms with Gasteiger partial charge in [-0.05, 0) is 87.4 Å². The minimum absolute atomic E-state index is 0.0628. The van der Waals surface area contributed by atoms with E-state index in [1.807, 2.05) is 43.4 Å². The molecule has 204 valence electrons. The maximum absolute atomic E-state index is 12.7. The number of nitrogens with zero attached hydrogens (tertiary/aromatic N) is 1. The summed E-state index contributed by atoms with van der Waals surface area (Å²) in [6, 6.07) is 14.1. The second kappa shape index (κ2) is 12.2. The molecule has 1 aliphatic carbocycles. The molecule has 1 N–H and O–H groups in total. The van der Waals surface area contributed by atoms with Crippen molar-refractivity contribution in [2.75, 3.05) is 32.1 Å². The van der Waals surface area contributed by atoms with Crippen molar-refractivity contribution in [2.24, 2.45) is 5.92 Å². The van der Waals surface area contributed by atoms with E-state index in [0.717, 1.165) is 66.1 Å². The third kappa shape index (κ3) is 6.01. The predicted molar refractivity (Wildman–Crippen MR) is 152 cm³/mol. The molecular formula is C32H42N2O4. The Bertz CT molecular complexity index is 1210. The van der Waals surface area contributed by atoms with Crippen LogP contribution in [-0.4, -0.2) is 43.7 Å². The molecule has 5 rings (SSSR count). The van der Waals surface area contributed by atoms with Crippen LogP contribution >= 0.6 is 0 Å². The van der Waals surface area contributed by atoms with E-state index in [1.165, 1.54) is 37.7 Å². The van der Waals surface area contributed by atoms with Crippen LogP contribution in [-0.2, 0) is 4.74 Å². The Morgan fingerprint density at radius 1 is 1.08 bits per heavy atom. The van der Waals surface area contributed by atoms with Gasteiger partial charge in [0.1, 0.15) is 23.7 Å². The predicted octanol–water partition coefficient (Wildman–Crippen LogP) is 7.51. The van der Waals surface area contributed by atoms with Crippen LogP contribution in [0.4, 0.5) is 5.69 Å². The molecule has 2 aliphatic rings. The van der Waals surface area contributed by atoms with Crippen molar-refractivity contribution in [1.29, 1.82) is 0 Å². The quantitative estimate of drug-likeness (QED) is 0.301. The van der Waals surface area contributed by atoms with Gasteiger partial charge in [0.2, 0.25) is 0 Å². The molecule has 6 heteroatoms. The highest BCUT2D eigenvalue weighted by Crippen LogP contribution is 2.41. The molecule has 1 amide bonds. The lowest BCUT2D eigenvalue weighted by Crippen LogP contribution is -2.27. The molecule has 1 saturated heterocycles. The minimum atomic E-state index is 0.0628. The zero-order valence-corrected chi connectivity index (χ0v) is 23.1. The number of hydrogen-bond donors (Lipinski definition) is 1. The van der Waals surface area contributed by atoms with Gasteiger partial charge in [0.05, 0.1) is 12.1 Å². The first-order valence-electron chi connectivity index (χ1n) is 14.4. The number of ether oxygens (including phenoxy) is 2. The first kappa shape index (κ1) is 26.6. The fourth-order valence-corrected chi connectivity index (χ4v) is 5.98. The standard InChI is InChI=1S/C32H42N2O4/c1-4-18-34(3)32(35)24-12-14-25(15-13-24)33-30(23-9-6-5-7-10-23)31-22(2)28-20-26(16-17-29(28)38-31)37-21-27-11-8-19-36-27/h12-17,20,23,27,30,33H,4-11,18-19,21H2,1-3H3. The van der Waals surface area contributed by atoms with E-state index >= 15 is 0 Å². The molecule has 38 heavy (non-hydrogen) atoms. The number of hydrogen-bond acceptors (Lipinski definition) is 5. The van der Waals surface area contributed by atoms with Crippen LogP contribution in [0.3, 0.4) is 0 Å². The second-order valence-corrected chi connectivity index (χ2v) is 11.0. The first-order valence-corrected chi connectivity index (χ1v) is 14.4. The Balaban J connectivity index is 1.38. The molecule has 1 aromatic heterocycles. The Labute approximate surface area is 226 Å². The van der Waals surface area contributed by atoms with Gasteiger partial charge in [-0.3, -0.25) is 4.79 Å². The Morgan fingerprint density at radius 3 is 2.58 bits per heavy atom. The second-order valence-electron chi connectivity index (χ2n) is 11.0. The smallest absolute Gasteiger partial charge is 0.253 e. The van der Waals surface area contributed by atoms with Crippen LogP contribution in [0.1, 0.15) is 86.0 Å². The number of benzene rings is 2. The third-order valence-corrected chi connectivity index (χ3v) is 8.17. The summed E-state index contributed by atoms with van der Waals surface area (Å²) in [7, 11) is 1.86. The number of furan rings is 1. The molecule has 0 spiro atoms. The molecule has 2 unspecified atom stereocenters. The summed E-state index contributed by atoms with van der Waals surface area (Å²) in [4.78, 5) is 14.5. The number of carbonyl (C=O) groups is 1. The topological polar surface area (TPSA) is 63.9 Å². The van der Waals surface area contributed by atoms with Gasteiger partial charge in [0.15, 0.2) is 0 Å². The molecule has 3 aromatic rings. The molecule has 2 atom stereocenters. The van der Waals surface area contributed by atoms with Crippen LogP contribution in [0, 0.1) is 12.8 Å². The molecule has 2 fully saturated rings. The van der Waals surface area contributed by atoms with Crippen molar-refractivity contribution >= 4 is 22.6 Å². The van der Waals surface area contributed by atoms with Crippen molar-refractivity contribution in [3.63, 3.8) is 0 Å². The van der Waals surface area contributed by atoms with E-state index in [4.69, 9.17) is 13.9 Å². The third-order valence-electron chi connectivity index (χ3n) is 8.17. The molecule has 0 bridgehead atoms. The van der Waals surface area contributed by atoms with Gasteiger partial charge in [0, 0.05) is 42.4 Å². The normalized spacial score (nSPS) is 19.0. The molecule has 6 nitrogen and oxygen atoms in total. The lowest BCUT2D eigenvalue weighted by atomic mass is 9.82. The van der Waals surface area contributed by atoms with E-state index in [-0.39, 0.29) is 18.1 Å². The van der Waals surface area contributed by atoms with Crippen molar-refractivity contribution in [3.05, 3.63) is 59.4 Å². The summed E-state index contributed by atoms with van der Waals surface area (Å²) in [5.74, 6) is 2.42. The molecular weight excluding hydrogens is 476 g/mol. The lowest BCUT2D eigenvalue weighted by molar-refractivity contribution is 0.0680. The fraction of sp³-hybridized carbons (Fsp3) is 0.531. The zero-order chi connectivity index (χ0) is 26.5. The van der Waals surface area contributed by atoms with Crippen molar-refractivity contribution in [1.82, 2.24) is 4.90 Å². The maximum Gasteiger partial charge on any atom is 0.253 e. The Hall–Kier alpha value is -2.99. The minimum Gasteiger partial charge on any atom is -0.491 e. The van der Waals surface area contributed by atoms with Gasteiger partial charge in [-0.15, -0.1) is 0 Å². The highest BCUT2D eigenvalue weighted by Gasteiger charge is 2.30. The van der Waals surface area contributed by atoms with Crippen LogP contribution in [0.5, 0.6) is 5.75 Å². The average molecular weight is 519 g/mol. The van der Waals surface area contributed by atoms with E-state index in [9.17, 15) is 4.79 Å². The number of anilines is 1. The summed E-state index contributed by atoms with van der Waals surface area (Å²) >= 11 is 0. The first-order chi connectivity index (χ1) is 18.5. The number of amides is 1. The monoisotopic (exact) mass is 518 g/mol. The fourth-order valence-electron chi connectivity index (χ4n) is 5.98. The van der Waals surface area contributed by atoms with Gasteiger partial charge in [0.25, 0.3) is 5.91 Å². The van der Waals surface area contributed by atoms with Crippen molar-refractivity contribution in [3.8, 4) is 5.75 Å². The number of nitrogens with one attached hydrogen (secondary N) is 1. The van der Waals surface area contributed by atoms with Crippen LogP contribution < -0.4 is 10.1 Å². The summed E-state index contributed by atoms with van der Waals surface area (Å²) in [6.07, 6.45) is 9.49. The lowest BCUT2D eigenvalue weighted by Gasteiger charge is -2.31. The highest BCUT2D eigenvalue weighted by atomic mass is 16.5. The SMILES string of the molecule is CCCN(C)C(=O)c1ccc(NC(c2oc3ccc(OCC4CCCO4)cc3c2C)C2CCCCC2)cc1. The van der Waals surface area contributed by atoms with Gasteiger partial charge in [-0.1, -0.05) is 26.2 Å². The van der Waals surface area contributed by atoms with E-state index in [1.54, 1.807) is 4.90 Å². The summed E-state index contributed by atoms with van der Waals surface area (Å²) in [5.41, 5.74) is 3.79. The number of rotatable bonds is 10. The van der Waals surface area contributed by atoms with E-state index in [0.29, 0.717) is 12.5 Å².